The van der Waals surface area contributed by atoms with Crippen molar-refractivity contribution in [3.8, 4) is 0 Å². The van der Waals surface area contributed by atoms with Gasteiger partial charge in [-0.3, -0.25) is 20.2 Å². The molecule has 0 saturated heterocycles. The topological polar surface area (TPSA) is 124 Å². The molecule has 0 spiro atoms. The molecule has 8 nitrogen and oxygen atoms in total. The van der Waals surface area contributed by atoms with Crippen LogP contribution in [0, 0.1) is 20.2 Å². The zero-order valence-corrected chi connectivity index (χ0v) is 8.53. The van der Waals surface area contributed by atoms with Crippen LogP contribution in [0.3, 0.4) is 0 Å². The van der Waals surface area contributed by atoms with Crippen LogP contribution in [-0.4, -0.2) is 20.9 Å². The molecule has 0 aliphatic rings. The number of aromatic carboxylic acids is 1. The molecule has 0 bridgehead atoms. The van der Waals surface area contributed by atoms with Crippen molar-refractivity contribution in [2.75, 3.05) is 0 Å². The number of carboxylic acids is 1. The van der Waals surface area contributed by atoms with Gasteiger partial charge in [-0.1, -0.05) is 0 Å². The van der Waals surface area contributed by atoms with Gasteiger partial charge in [0.2, 0.25) is 13.1 Å². The lowest BCUT2D eigenvalue weighted by molar-refractivity contribution is -0.498. The zero-order chi connectivity index (χ0) is 13.0. The van der Waals surface area contributed by atoms with Crippen LogP contribution < -0.4 is 0 Å². The summed E-state index contributed by atoms with van der Waals surface area (Å²) in [5.74, 6) is -1.28. The third-order valence-corrected chi connectivity index (χ3v) is 1.92. The van der Waals surface area contributed by atoms with E-state index in [1.165, 1.54) is 6.07 Å². The van der Waals surface area contributed by atoms with E-state index in [-0.39, 0.29) is 16.7 Å². The van der Waals surface area contributed by atoms with E-state index in [0.717, 1.165) is 12.1 Å². The second-order valence-corrected chi connectivity index (χ2v) is 3.33. The molecule has 0 aliphatic carbocycles. The Kier molecular flexibility index (Phi) is 3.70. The fraction of sp³-hybridized carbons (Fsp3) is 0.222. The fourth-order valence-corrected chi connectivity index (χ4v) is 1.37. The van der Waals surface area contributed by atoms with Crippen molar-refractivity contribution in [3.05, 3.63) is 55.1 Å². The Bertz CT molecular complexity index is 450. The molecule has 90 valence electrons. The lowest BCUT2D eigenvalue weighted by Crippen LogP contribution is -2.06. The molecule has 17 heavy (non-hydrogen) atoms. The first-order valence-corrected chi connectivity index (χ1v) is 4.48. The van der Waals surface area contributed by atoms with Gasteiger partial charge in [0.1, 0.15) is 0 Å². The zero-order valence-electron chi connectivity index (χ0n) is 8.53. The molecule has 0 fully saturated rings. The SMILES string of the molecule is O=C(O)c1cc(C[N+](=O)[O-])cc(C[N+](=O)[O-])c1. The molecule has 0 saturated carbocycles. The van der Waals surface area contributed by atoms with E-state index in [2.05, 4.69) is 0 Å². The third kappa shape index (κ3) is 3.86. The van der Waals surface area contributed by atoms with Gasteiger partial charge in [-0.25, -0.2) is 4.79 Å². The normalized spacial score (nSPS) is 9.88. The monoisotopic (exact) mass is 240 g/mol. The minimum absolute atomic E-state index is 0.131. The second kappa shape index (κ2) is 5.01. The first-order chi connectivity index (χ1) is 7.88. The van der Waals surface area contributed by atoms with Crippen molar-refractivity contribution in [3.63, 3.8) is 0 Å². The van der Waals surface area contributed by atoms with E-state index in [9.17, 15) is 25.0 Å². The highest BCUT2D eigenvalue weighted by Crippen LogP contribution is 2.12. The molecular formula is C9H8N2O6. The van der Waals surface area contributed by atoms with E-state index in [1.54, 1.807) is 0 Å². The molecule has 1 rings (SSSR count). The number of nitrogens with zero attached hydrogens (tertiary/aromatic N) is 2. The van der Waals surface area contributed by atoms with Crippen LogP contribution in [0.2, 0.25) is 0 Å². The maximum absolute atomic E-state index is 10.7. The van der Waals surface area contributed by atoms with Crippen LogP contribution in [0.1, 0.15) is 21.5 Å². The Morgan fingerprint density at radius 3 is 1.76 bits per heavy atom. The van der Waals surface area contributed by atoms with Crippen LogP contribution in [0.5, 0.6) is 0 Å². The van der Waals surface area contributed by atoms with Crippen molar-refractivity contribution in [2.45, 2.75) is 13.1 Å². The molecule has 1 aromatic carbocycles. The predicted octanol–water partition coefficient (Wildman–Crippen LogP) is 0.938. The molecule has 0 atom stereocenters. The van der Waals surface area contributed by atoms with Gasteiger partial charge >= 0.3 is 5.97 Å². The van der Waals surface area contributed by atoms with Gasteiger partial charge < -0.3 is 5.11 Å². The molecule has 0 radical (unpaired) electrons. The average molecular weight is 240 g/mol. The van der Waals surface area contributed by atoms with Crippen LogP contribution in [0.15, 0.2) is 18.2 Å². The lowest BCUT2D eigenvalue weighted by atomic mass is 10.1. The summed E-state index contributed by atoms with van der Waals surface area (Å²) < 4.78 is 0. The molecule has 0 aliphatic heterocycles. The van der Waals surface area contributed by atoms with Gasteiger partial charge in [-0.05, 0) is 18.2 Å². The molecular weight excluding hydrogens is 232 g/mol. The minimum atomic E-state index is -1.28. The first-order valence-electron chi connectivity index (χ1n) is 4.48. The second-order valence-electron chi connectivity index (χ2n) is 3.33. The van der Waals surface area contributed by atoms with E-state index >= 15 is 0 Å². The molecule has 0 amide bonds. The Morgan fingerprint density at radius 1 is 1.06 bits per heavy atom. The summed E-state index contributed by atoms with van der Waals surface area (Å²) in [4.78, 5) is 30.1. The van der Waals surface area contributed by atoms with Crippen LogP contribution in [0.25, 0.3) is 0 Å². The smallest absolute Gasteiger partial charge is 0.335 e. The van der Waals surface area contributed by atoms with Crippen LogP contribution >= 0.6 is 0 Å². The number of rotatable bonds is 5. The van der Waals surface area contributed by atoms with Crippen molar-refractivity contribution >= 4 is 5.97 Å². The summed E-state index contributed by atoms with van der Waals surface area (Å²) in [6.07, 6.45) is 0. The summed E-state index contributed by atoms with van der Waals surface area (Å²) in [5.41, 5.74) is 0.0692. The summed E-state index contributed by atoms with van der Waals surface area (Å²) >= 11 is 0. The van der Waals surface area contributed by atoms with Crippen molar-refractivity contribution in [1.82, 2.24) is 0 Å². The molecule has 1 N–H and O–H groups in total. The molecule has 8 heteroatoms. The van der Waals surface area contributed by atoms with Gasteiger partial charge in [0, 0.05) is 21.0 Å². The van der Waals surface area contributed by atoms with E-state index in [4.69, 9.17) is 5.11 Å². The summed E-state index contributed by atoms with van der Waals surface area (Å²) in [7, 11) is 0. The molecule has 0 heterocycles. The number of carboxylic acid groups (broad SMARTS) is 1. The van der Waals surface area contributed by atoms with Crippen molar-refractivity contribution in [1.29, 1.82) is 0 Å². The summed E-state index contributed by atoms with van der Waals surface area (Å²) in [6.45, 7) is -1.13. The predicted molar refractivity (Wildman–Crippen MR) is 54.8 cm³/mol. The average Bonchev–Trinajstić information content (AvgIpc) is 2.14. The molecule has 1 aromatic rings. The highest BCUT2D eigenvalue weighted by Gasteiger charge is 2.12. The Labute approximate surface area is 94.8 Å². The summed E-state index contributed by atoms with van der Waals surface area (Å²) in [5, 5.41) is 29.4. The van der Waals surface area contributed by atoms with E-state index in [1.807, 2.05) is 0 Å². The van der Waals surface area contributed by atoms with Crippen LogP contribution in [0.4, 0.5) is 0 Å². The van der Waals surface area contributed by atoms with E-state index < -0.39 is 28.9 Å². The number of hydrogen-bond donors (Lipinski definition) is 1. The van der Waals surface area contributed by atoms with Crippen LogP contribution in [-0.2, 0) is 13.1 Å². The standard InChI is InChI=1S/C9H8N2O6/c12-9(13)8-2-6(4-10(14)15)1-7(3-8)5-11(16)17/h1-3H,4-5H2,(H,12,13). The first kappa shape index (κ1) is 12.6. The maximum atomic E-state index is 10.7. The number of hydrogen-bond acceptors (Lipinski definition) is 5. The van der Waals surface area contributed by atoms with Crippen molar-refractivity contribution < 1.29 is 19.7 Å². The highest BCUT2D eigenvalue weighted by atomic mass is 16.6. The lowest BCUT2D eigenvalue weighted by Gasteiger charge is -2.02. The third-order valence-electron chi connectivity index (χ3n) is 1.92. The summed E-state index contributed by atoms with van der Waals surface area (Å²) in [6, 6.07) is 3.53. The number of carbonyl (C=O) groups is 1. The number of nitro groups is 2. The Hall–Kier alpha value is -2.51. The Balaban J connectivity index is 3.13. The van der Waals surface area contributed by atoms with Gasteiger partial charge in [-0.15, -0.1) is 0 Å². The quantitative estimate of drug-likeness (QED) is 0.603. The van der Waals surface area contributed by atoms with Gasteiger partial charge in [0.25, 0.3) is 0 Å². The van der Waals surface area contributed by atoms with Crippen molar-refractivity contribution in [2.24, 2.45) is 0 Å². The molecule has 0 unspecified atom stereocenters. The Morgan fingerprint density at radius 2 is 1.47 bits per heavy atom. The largest absolute Gasteiger partial charge is 0.478 e. The maximum Gasteiger partial charge on any atom is 0.335 e. The molecule has 0 aromatic heterocycles. The van der Waals surface area contributed by atoms with Gasteiger partial charge in [-0.2, -0.15) is 0 Å². The van der Waals surface area contributed by atoms with Gasteiger partial charge in [0.15, 0.2) is 0 Å². The number of benzene rings is 1. The van der Waals surface area contributed by atoms with Gasteiger partial charge in [0.05, 0.1) is 5.56 Å². The minimum Gasteiger partial charge on any atom is -0.478 e. The highest BCUT2D eigenvalue weighted by molar-refractivity contribution is 5.88. The van der Waals surface area contributed by atoms with E-state index in [0.29, 0.717) is 0 Å². The fourth-order valence-electron chi connectivity index (χ4n) is 1.37.